The van der Waals surface area contributed by atoms with Crippen molar-refractivity contribution in [3.05, 3.63) is 100 Å². The van der Waals surface area contributed by atoms with Crippen molar-refractivity contribution in [3.8, 4) is 17.2 Å². The lowest BCUT2D eigenvalue weighted by molar-refractivity contribution is -0.110. The Morgan fingerprint density at radius 2 is 1.67 bits per heavy atom. The zero-order valence-corrected chi connectivity index (χ0v) is 25.5. The highest BCUT2D eigenvalue weighted by atomic mass is 16.5. The highest BCUT2D eigenvalue weighted by molar-refractivity contribution is 6.02. The van der Waals surface area contributed by atoms with Gasteiger partial charge in [0, 0.05) is 17.6 Å². The quantitative estimate of drug-likeness (QED) is 0.103. The van der Waals surface area contributed by atoms with Crippen LogP contribution in [0, 0.1) is 11.8 Å². The number of hydrogen-bond donors (Lipinski definition) is 3. The first-order valence-electron chi connectivity index (χ1n) is 14.4. The van der Waals surface area contributed by atoms with E-state index in [0.29, 0.717) is 23.7 Å². The molecule has 1 aliphatic rings. The number of phenolic OH excluding ortho intramolecular Hbond substituents is 1. The zero-order chi connectivity index (χ0) is 30.8. The van der Waals surface area contributed by atoms with Crippen LogP contribution >= 0.6 is 0 Å². The van der Waals surface area contributed by atoms with Gasteiger partial charge in [0.1, 0.15) is 11.5 Å². The lowest BCUT2D eigenvalue weighted by Gasteiger charge is -2.37. The number of aromatic hydroxyl groups is 1. The summed E-state index contributed by atoms with van der Waals surface area (Å²) in [7, 11) is 3.11. The molecule has 6 heteroatoms. The van der Waals surface area contributed by atoms with Gasteiger partial charge in [-0.1, -0.05) is 55.0 Å². The molecule has 0 unspecified atom stereocenters. The van der Waals surface area contributed by atoms with Gasteiger partial charge in [0.25, 0.3) is 0 Å². The van der Waals surface area contributed by atoms with Crippen LogP contribution in [0.2, 0.25) is 0 Å². The Labute approximate surface area is 250 Å². The fraction of sp³-hybridized carbons (Fsp3) is 0.361. The molecule has 0 aliphatic heterocycles. The Morgan fingerprint density at radius 3 is 2.33 bits per heavy atom. The van der Waals surface area contributed by atoms with Gasteiger partial charge in [0.15, 0.2) is 17.3 Å². The molecular formula is C36H44O6. The molecule has 0 fully saturated rings. The van der Waals surface area contributed by atoms with Crippen molar-refractivity contribution in [2.45, 2.75) is 59.0 Å². The summed E-state index contributed by atoms with van der Waals surface area (Å²) in [6, 6.07) is 10.7. The summed E-state index contributed by atoms with van der Waals surface area (Å²) < 4.78 is 10.9. The summed E-state index contributed by atoms with van der Waals surface area (Å²) in [4.78, 5) is 12.5. The third-order valence-electron chi connectivity index (χ3n) is 7.83. The number of carbonyl (C=O) groups is 1. The molecule has 224 valence electrons. The number of benzene rings is 2. The second-order valence-electron chi connectivity index (χ2n) is 11.3. The van der Waals surface area contributed by atoms with Crippen LogP contribution in [0.25, 0.3) is 12.2 Å². The number of phenols is 1. The second kappa shape index (κ2) is 15.3. The van der Waals surface area contributed by atoms with Crippen LogP contribution in [-0.2, 0) is 4.79 Å². The summed E-state index contributed by atoms with van der Waals surface area (Å²) in [5.74, 6) is 1.31. The maximum Gasteiger partial charge on any atom is 0.182 e. The van der Waals surface area contributed by atoms with Crippen LogP contribution < -0.4 is 9.47 Å². The van der Waals surface area contributed by atoms with Crippen LogP contribution in [-0.4, -0.2) is 41.4 Å². The molecule has 2 aromatic rings. The van der Waals surface area contributed by atoms with Crippen molar-refractivity contribution in [2.75, 3.05) is 14.2 Å². The minimum Gasteiger partial charge on any atom is -0.508 e. The van der Waals surface area contributed by atoms with E-state index in [9.17, 15) is 20.1 Å². The van der Waals surface area contributed by atoms with Gasteiger partial charge in [0.05, 0.1) is 20.3 Å². The lowest BCUT2D eigenvalue weighted by Crippen LogP contribution is -2.30. The standard InChI is InChI=1S/C36H44O6/c1-23(2)8-7-9-24(3)31-22-34(40)25(4)18-32(31)30-16-12-26(19-35(30)41-5)10-14-28(37)21-29(38)15-11-27-13-17-33(39)36(20-27)42-6/h8,10-21,24,31-32,34,38-40H,7,9,22H2,1-6H3/b14-10+,15-11+,29-21-/t24-,31+,32+,34-/m0/s1. The highest BCUT2D eigenvalue weighted by Crippen LogP contribution is 2.45. The van der Waals surface area contributed by atoms with Crippen molar-refractivity contribution < 1.29 is 29.6 Å². The lowest BCUT2D eigenvalue weighted by atomic mass is 9.69. The van der Waals surface area contributed by atoms with Crippen molar-refractivity contribution in [1.82, 2.24) is 0 Å². The molecule has 0 saturated heterocycles. The van der Waals surface area contributed by atoms with Gasteiger partial charge in [-0.3, -0.25) is 4.79 Å². The van der Waals surface area contributed by atoms with E-state index >= 15 is 0 Å². The van der Waals surface area contributed by atoms with Crippen LogP contribution in [0.5, 0.6) is 17.2 Å². The molecule has 4 atom stereocenters. The number of ether oxygens (including phenoxy) is 2. The Hall–Kier alpha value is -4.03. The van der Waals surface area contributed by atoms with E-state index in [2.05, 4.69) is 32.9 Å². The Kier molecular flexibility index (Phi) is 11.8. The molecule has 6 nitrogen and oxygen atoms in total. The molecule has 0 saturated carbocycles. The third-order valence-corrected chi connectivity index (χ3v) is 7.83. The van der Waals surface area contributed by atoms with Gasteiger partial charge in [-0.05, 0) is 98.9 Å². The Morgan fingerprint density at radius 1 is 1.02 bits per heavy atom. The molecule has 0 heterocycles. The van der Waals surface area contributed by atoms with Crippen molar-refractivity contribution >= 4 is 17.9 Å². The molecule has 0 spiro atoms. The summed E-state index contributed by atoms with van der Waals surface area (Å²) in [5, 5.41) is 30.6. The molecule has 0 bridgehead atoms. The summed E-state index contributed by atoms with van der Waals surface area (Å²) >= 11 is 0. The van der Waals surface area contributed by atoms with E-state index < -0.39 is 6.10 Å². The molecule has 3 N–H and O–H groups in total. The fourth-order valence-electron chi connectivity index (χ4n) is 5.37. The minimum absolute atomic E-state index is 0.0213. The Balaban J connectivity index is 1.76. The van der Waals surface area contributed by atoms with Crippen LogP contribution in [0.4, 0.5) is 0 Å². The molecule has 0 aromatic heterocycles. The number of methoxy groups -OCH3 is 2. The number of carbonyl (C=O) groups excluding carboxylic acids is 1. The number of allylic oxidation sites excluding steroid dienone is 6. The van der Waals surface area contributed by atoms with Crippen LogP contribution in [0.1, 0.15) is 69.6 Å². The minimum atomic E-state index is -0.431. The first-order valence-corrected chi connectivity index (χ1v) is 14.4. The SMILES string of the molecule is COc1cc(/C=C/C(O)=C/C(=O)/C=C/c2ccc([C@H]3C=C(C)[C@@H](O)C[C@@H]3[C@@H](C)CCC=C(C)C)c(OC)c2)ccc1O. The van der Waals surface area contributed by atoms with E-state index in [1.165, 1.54) is 30.9 Å². The molecule has 3 rings (SSSR count). The highest BCUT2D eigenvalue weighted by Gasteiger charge is 2.34. The average Bonchev–Trinajstić information content (AvgIpc) is 2.96. The normalized spacial score (nSPS) is 19.9. The number of aliphatic hydroxyl groups excluding tert-OH is 2. The van der Waals surface area contributed by atoms with E-state index in [-0.39, 0.29) is 29.1 Å². The number of ketones is 1. The van der Waals surface area contributed by atoms with Crippen molar-refractivity contribution in [2.24, 2.45) is 11.8 Å². The number of aliphatic hydroxyl groups is 2. The van der Waals surface area contributed by atoms with Crippen molar-refractivity contribution in [3.63, 3.8) is 0 Å². The Bertz CT molecular complexity index is 1390. The summed E-state index contributed by atoms with van der Waals surface area (Å²) in [5.41, 5.74) is 4.86. The average molecular weight is 573 g/mol. The molecular weight excluding hydrogens is 528 g/mol. The zero-order valence-electron chi connectivity index (χ0n) is 25.5. The smallest absolute Gasteiger partial charge is 0.182 e. The van der Waals surface area contributed by atoms with E-state index in [1.54, 1.807) is 31.4 Å². The van der Waals surface area contributed by atoms with Gasteiger partial charge in [-0.25, -0.2) is 0 Å². The first-order chi connectivity index (χ1) is 20.0. The van der Waals surface area contributed by atoms with Crippen molar-refractivity contribution in [1.29, 1.82) is 0 Å². The summed E-state index contributed by atoms with van der Waals surface area (Å²) in [6.07, 6.45) is 14.1. The molecule has 0 radical (unpaired) electrons. The van der Waals surface area contributed by atoms with E-state index in [1.807, 2.05) is 25.1 Å². The molecule has 2 aromatic carbocycles. The van der Waals surface area contributed by atoms with Gasteiger partial charge in [0.2, 0.25) is 0 Å². The molecule has 1 aliphatic carbocycles. The van der Waals surface area contributed by atoms with Crippen LogP contribution in [0.3, 0.4) is 0 Å². The predicted octanol–water partition coefficient (Wildman–Crippen LogP) is 7.94. The monoisotopic (exact) mass is 572 g/mol. The molecule has 42 heavy (non-hydrogen) atoms. The van der Waals surface area contributed by atoms with E-state index in [4.69, 9.17) is 9.47 Å². The summed E-state index contributed by atoms with van der Waals surface area (Å²) in [6.45, 7) is 8.49. The van der Waals surface area contributed by atoms with Gasteiger partial charge < -0.3 is 24.8 Å². The van der Waals surface area contributed by atoms with Gasteiger partial charge in [-0.2, -0.15) is 0 Å². The largest absolute Gasteiger partial charge is 0.508 e. The van der Waals surface area contributed by atoms with Gasteiger partial charge in [-0.15, -0.1) is 0 Å². The maximum atomic E-state index is 12.5. The predicted molar refractivity (Wildman–Crippen MR) is 170 cm³/mol. The number of hydrogen-bond acceptors (Lipinski definition) is 6. The van der Waals surface area contributed by atoms with Crippen LogP contribution in [0.15, 0.2) is 83.7 Å². The number of rotatable bonds is 12. The maximum absolute atomic E-state index is 12.5. The fourth-order valence-corrected chi connectivity index (χ4v) is 5.37. The topological polar surface area (TPSA) is 96.2 Å². The second-order valence-corrected chi connectivity index (χ2v) is 11.3. The third kappa shape index (κ3) is 8.98. The first kappa shape index (κ1) is 32.5. The van der Waals surface area contributed by atoms with E-state index in [0.717, 1.165) is 41.4 Å². The van der Waals surface area contributed by atoms with Gasteiger partial charge >= 0.3 is 0 Å². The molecule has 0 amide bonds.